The van der Waals surface area contributed by atoms with Gasteiger partial charge in [-0.25, -0.2) is 13.6 Å². The third-order valence-corrected chi connectivity index (χ3v) is 4.57. The van der Waals surface area contributed by atoms with E-state index in [0.29, 0.717) is 12.1 Å². The molecular weight excluding hydrogens is 290 g/mol. The van der Waals surface area contributed by atoms with Crippen molar-refractivity contribution in [3.05, 3.63) is 35.4 Å². The van der Waals surface area contributed by atoms with Crippen LogP contribution < -0.4 is 16.2 Å². The molecule has 0 aliphatic heterocycles. The maximum absolute atomic E-state index is 12.2. The molecule has 0 saturated carbocycles. The van der Waals surface area contributed by atoms with Crippen molar-refractivity contribution >= 4 is 21.6 Å². The minimum Gasteiger partial charge on any atom is -0.325 e. The molecule has 0 bridgehead atoms. The number of hydrogen-bond acceptors (Lipinski definition) is 4. The Hall–Kier alpha value is -1.70. The highest BCUT2D eigenvalue weighted by Crippen LogP contribution is 2.25. The zero-order valence-electron chi connectivity index (χ0n) is 12.0. The summed E-state index contributed by atoms with van der Waals surface area (Å²) in [6, 6.07) is 2.76. The zero-order valence-corrected chi connectivity index (χ0v) is 12.8. The van der Waals surface area contributed by atoms with Crippen LogP contribution in [0.15, 0.2) is 29.2 Å². The Morgan fingerprint density at radius 3 is 2.48 bits per heavy atom. The number of rotatable bonds is 3. The van der Waals surface area contributed by atoms with E-state index in [1.165, 1.54) is 12.1 Å². The fourth-order valence-electron chi connectivity index (χ4n) is 2.27. The van der Waals surface area contributed by atoms with Gasteiger partial charge in [-0.3, -0.25) is 4.79 Å². The first-order chi connectivity index (χ1) is 9.68. The van der Waals surface area contributed by atoms with Crippen LogP contribution in [-0.2, 0) is 14.8 Å². The van der Waals surface area contributed by atoms with E-state index in [9.17, 15) is 13.2 Å². The molecule has 0 aromatic heterocycles. The Labute approximate surface area is 124 Å². The molecule has 21 heavy (non-hydrogen) atoms. The van der Waals surface area contributed by atoms with Gasteiger partial charge in [0, 0.05) is 11.7 Å². The lowest BCUT2D eigenvalue weighted by Crippen LogP contribution is -2.24. The molecule has 5 N–H and O–H groups in total. The summed E-state index contributed by atoms with van der Waals surface area (Å²) < 4.78 is 22.9. The van der Waals surface area contributed by atoms with Crippen molar-refractivity contribution in [2.45, 2.75) is 31.2 Å². The number of anilines is 1. The van der Waals surface area contributed by atoms with Crippen molar-refractivity contribution in [1.82, 2.24) is 0 Å². The molecule has 0 spiro atoms. The summed E-state index contributed by atoms with van der Waals surface area (Å²) in [6.45, 7) is 3.58. The van der Waals surface area contributed by atoms with Gasteiger partial charge in [0.1, 0.15) is 0 Å². The first kappa shape index (κ1) is 15.7. The monoisotopic (exact) mass is 309 g/mol. The zero-order chi connectivity index (χ0) is 15.8. The largest absolute Gasteiger partial charge is 0.325 e. The van der Waals surface area contributed by atoms with Crippen molar-refractivity contribution in [3.63, 3.8) is 0 Å². The summed E-state index contributed by atoms with van der Waals surface area (Å²) >= 11 is 0. The molecule has 114 valence electrons. The number of aryl methyl sites for hydroxylation is 1. The Morgan fingerprint density at radius 2 is 1.95 bits per heavy atom. The summed E-state index contributed by atoms with van der Waals surface area (Å²) in [5, 5.41) is 7.91. The van der Waals surface area contributed by atoms with E-state index in [2.05, 4.69) is 5.32 Å². The van der Waals surface area contributed by atoms with E-state index in [1.807, 2.05) is 6.92 Å². The van der Waals surface area contributed by atoms with Crippen LogP contribution in [0.2, 0.25) is 0 Å². The molecule has 0 heterocycles. The van der Waals surface area contributed by atoms with Gasteiger partial charge in [-0.1, -0.05) is 12.2 Å². The summed E-state index contributed by atoms with van der Waals surface area (Å²) in [5.74, 6) is -0.494. The normalized spacial score (nSPS) is 21.5. The number of sulfonamides is 1. The topological polar surface area (TPSA) is 115 Å². The van der Waals surface area contributed by atoms with Crippen LogP contribution in [-0.4, -0.2) is 20.4 Å². The second kappa shape index (κ2) is 5.59. The van der Waals surface area contributed by atoms with Crippen LogP contribution in [0.4, 0.5) is 5.69 Å². The van der Waals surface area contributed by atoms with Gasteiger partial charge in [-0.2, -0.15) is 0 Å². The Morgan fingerprint density at radius 1 is 1.29 bits per heavy atom. The molecule has 0 radical (unpaired) electrons. The van der Waals surface area contributed by atoms with Crippen LogP contribution in [0, 0.1) is 19.8 Å². The fraction of sp³-hybridized carbons (Fsp3) is 0.357. The maximum atomic E-state index is 12.2. The second-order valence-electron chi connectivity index (χ2n) is 5.34. The van der Waals surface area contributed by atoms with Gasteiger partial charge < -0.3 is 11.1 Å². The number of carbonyl (C=O) groups is 1. The molecule has 2 unspecified atom stereocenters. The molecule has 6 nitrogen and oxygen atoms in total. The predicted octanol–water partition coefficient (Wildman–Crippen LogP) is 0.793. The van der Waals surface area contributed by atoms with E-state index in [1.54, 1.807) is 19.1 Å². The predicted molar refractivity (Wildman–Crippen MR) is 81.1 cm³/mol. The molecule has 1 aromatic rings. The van der Waals surface area contributed by atoms with Gasteiger partial charge in [0.2, 0.25) is 15.9 Å². The SMILES string of the molecule is Cc1cc(S(N)(=O)=O)cc(NC(=O)C2C=CC(N)C2)c1C. The quantitative estimate of drug-likeness (QED) is 0.716. The number of nitrogens with two attached hydrogens (primary N) is 2. The van der Waals surface area contributed by atoms with Crippen LogP contribution in [0.3, 0.4) is 0 Å². The van der Waals surface area contributed by atoms with Gasteiger partial charge in [-0.05, 0) is 43.5 Å². The summed E-state index contributed by atoms with van der Waals surface area (Å²) in [6.07, 6.45) is 4.12. The first-order valence-electron chi connectivity index (χ1n) is 6.57. The van der Waals surface area contributed by atoms with Crippen LogP contribution in [0.25, 0.3) is 0 Å². The molecular formula is C14H19N3O3S. The molecule has 1 aromatic carbocycles. The molecule has 7 heteroatoms. The number of primary sulfonamides is 1. The summed E-state index contributed by atoms with van der Waals surface area (Å²) in [5.41, 5.74) is 7.74. The minimum absolute atomic E-state index is 0.0143. The second-order valence-corrected chi connectivity index (χ2v) is 6.90. The van der Waals surface area contributed by atoms with E-state index in [0.717, 1.165) is 11.1 Å². The van der Waals surface area contributed by atoms with Crippen molar-refractivity contribution in [3.8, 4) is 0 Å². The Kier molecular flexibility index (Phi) is 4.18. The smallest absolute Gasteiger partial charge is 0.238 e. The molecule has 0 fully saturated rings. The van der Waals surface area contributed by atoms with Gasteiger partial charge in [0.25, 0.3) is 0 Å². The molecule has 2 atom stereocenters. The Balaban J connectivity index is 2.29. The molecule has 1 aliphatic rings. The first-order valence-corrected chi connectivity index (χ1v) is 8.12. The molecule has 1 aliphatic carbocycles. The molecule has 1 amide bonds. The van der Waals surface area contributed by atoms with E-state index in [4.69, 9.17) is 10.9 Å². The lowest BCUT2D eigenvalue weighted by atomic mass is 10.1. The fourth-order valence-corrected chi connectivity index (χ4v) is 2.89. The van der Waals surface area contributed by atoms with E-state index in [-0.39, 0.29) is 22.8 Å². The van der Waals surface area contributed by atoms with E-state index < -0.39 is 10.0 Å². The van der Waals surface area contributed by atoms with Crippen molar-refractivity contribution in [1.29, 1.82) is 0 Å². The lowest BCUT2D eigenvalue weighted by Gasteiger charge is -2.15. The highest BCUT2D eigenvalue weighted by Gasteiger charge is 2.23. The number of hydrogen-bond donors (Lipinski definition) is 3. The third kappa shape index (κ3) is 3.49. The average molecular weight is 309 g/mol. The minimum atomic E-state index is -3.81. The van der Waals surface area contributed by atoms with Crippen molar-refractivity contribution in [2.24, 2.45) is 16.8 Å². The van der Waals surface area contributed by atoms with Gasteiger partial charge >= 0.3 is 0 Å². The highest BCUT2D eigenvalue weighted by molar-refractivity contribution is 7.89. The summed E-state index contributed by atoms with van der Waals surface area (Å²) in [4.78, 5) is 12.2. The van der Waals surface area contributed by atoms with Gasteiger partial charge in [0.05, 0.1) is 10.8 Å². The van der Waals surface area contributed by atoms with E-state index >= 15 is 0 Å². The lowest BCUT2D eigenvalue weighted by molar-refractivity contribution is -0.118. The number of nitrogens with one attached hydrogen (secondary N) is 1. The van der Waals surface area contributed by atoms with Crippen molar-refractivity contribution in [2.75, 3.05) is 5.32 Å². The number of amides is 1. The molecule has 0 saturated heterocycles. The van der Waals surface area contributed by atoms with Crippen LogP contribution in [0.1, 0.15) is 17.5 Å². The van der Waals surface area contributed by atoms with Crippen molar-refractivity contribution < 1.29 is 13.2 Å². The standard InChI is InChI=1S/C14H19N3O3S/c1-8-5-12(21(16,19)20)7-13(9(8)2)17-14(18)10-3-4-11(15)6-10/h3-5,7,10-11H,6,15H2,1-2H3,(H,17,18)(H2,16,19,20). The third-order valence-electron chi connectivity index (χ3n) is 3.68. The van der Waals surface area contributed by atoms with Gasteiger partial charge in [0.15, 0.2) is 0 Å². The highest BCUT2D eigenvalue weighted by atomic mass is 32.2. The molecule has 2 rings (SSSR count). The van der Waals surface area contributed by atoms with Crippen LogP contribution in [0.5, 0.6) is 0 Å². The van der Waals surface area contributed by atoms with Gasteiger partial charge in [-0.15, -0.1) is 0 Å². The Bertz CT molecular complexity index is 710. The number of carbonyl (C=O) groups excluding carboxylic acids is 1. The average Bonchev–Trinajstić information content (AvgIpc) is 2.80. The van der Waals surface area contributed by atoms with Crippen LogP contribution >= 0.6 is 0 Å². The number of benzene rings is 1. The maximum Gasteiger partial charge on any atom is 0.238 e. The summed E-state index contributed by atoms with van der Waals surface area (Å²) in [7, 11) is -3.81.